The maximum Gasteiger partial charge on any atom is 0.354 e. The van der Waals surface area contributed by atoms with E-state index < -0.39 is 18.2 Å². The third-order valence-corrected chi connectivity index (χ3v) is 2.44. The van der Waals surface area contributed by atoms with Crippen molar-refractivity contribution < 1.29 is 19.7 Å². The van der Waals surface area contributed by atoms with Gasteiger partial charge in [-0.2, -0.15) is 0 Å². The van der Waals surface area contributed by atoms with Gasteiger partial charge in [-0.1, -0.05) is 0 Å². The van der Waals surface area contributed by atoms with Crippen LogP contribution < -0.4 is 0 Å². The quantitative estimate of drug-likeness (QED) is 0.532. The van der Waals surface area contributed by atoms with E-state index in [0.29, 0.717) is 5.56 Å². The van der Waals surface area contributed by atoms with Gasteiger partial charge in [0.1, 0.15) is 11.8 Å². The van der Waals surface area contributed by atoms with E-state index in [2.05, 4.69) is 9.72 Å². The van der Waals surface area contributed by atoms with Crippen molar-refractivity contribution in [3.8, 4) is 0 Å². The molecule has 0 aliphatic carbocycles. The van der Waals surface area contributed by atoms with Crippen LogP contribution in [0.4, 0.5) is 0 Å². The number of nitrogens with one attached hydrogen (secondary N) is 1. The van der Waals surface area contributed by atoms with Crippen molar-refractivity contribution in [1.82, 2.24) is 4.98 Å². The number of aliphatic hydroxyl groups excluding tert-OH is 2. The number of aromatic amines is 1. The highest BCUT2D eigenvalue weighted by Crippen LogP contribution is 2.20. The third-order valence-electron chi connectivity index (χ3n) is 2.22. The van der Waals surface area contributed by atoms with Crippen LogP contribution in [0.2, 0.25) is 0 Å². The van der Waals surface area contributed by atoms with E-state index in [0.717, 1.165) is 0 Å². The number of hydrogen-bond donors (Lipinski definition) is 3. The number of aromatic nitrogens is 1. The Hall–Kier alpha value is -1.04. The molecule has 0 saturated heterocycles. The highest BCUT2D eigenvalue weighted by Gasteiger charge is 2.20. The molecule has 0 amide bonds. The topological polar surface area (TPSA) is 82.6 Å². The smallest absolute Gasteiger partial charge is 0.354 e. The maximum atomic E-state index is 11.1. The Balaban J connectivity index is 2.73. The lowest BCUT2D eigenvalue weighted by atomic mass is 10.1. The molecule has 2 atom stereocenters. The predicted molar refractivity (Wildman–Crippen MR) is 58.4 cm³/mol. The van der Waals surface area contributed by atoms with Crippen molar-refractivity contribution in [1.29, 1.82) is 0 Å². The number of alkyl halides is 1. The first-order valence-electron chi connectivity index (χ1n) is 4.79. The van der Waals surface area contributed by atoms with E-state index in [4.69, 9.17) is 11.6 Å². The number of ether oxygens (including phenoxy) is 1. The summed E-state index contributed by atoms with van der Waals surface area (Å²) in [6, 6.07) is 1.44. The highest BCUT2D eigenvalue weighted by molar-refractivity contribution is 6.17. The monoisotopic (exact) mass is 247 g/mol. The summed E-state index contributed by atoms with van der Waals surface area (Å²) >= 11 is 5.45. The number of aliphatic hydroxyl groups is 2. The van der Waals surface area contributed by atoms with Gasteiger partial charge in [0.2, 0.25) is 0 Å². The van der Waals surface area contributed by atoms with Gasteiger partial charge in [0.15, 0.2) is 0 Å². The van der Waals surface area contributed by atoms with Crippen molar-refractivity contribution in [3.63, 3.8) is 0 Å². The fourth-order valence-electron chi connectivity index (χ4n) is 1.30. The Morgan fingerprint density at radius 2 is 2.31 bits per heavy atom. The number of halogens is 1. The first kappa shape index (κ1) is 13.0. The summed E-state index contributed by atoms with van der Waals surface area (Å²) in [5.74, 6) is -0.266. The maximum absolute atomic E-state index is 11.1. The largest absolute Gasteiger partial charge is 0.464 e. The van der Waals surface area contributed by atoms with Gasteiger partial charge in [-0.05, 0) is 12.5 Å². The third kappa shape index (κ3) is 2.98. The van der Waals surface area contributed by atoms with Gasteiger partial charge in [0.25, 0.3) is 0 Å². The van der Waals surface area contributed by atoms with E-state index >= 15 is 0 Å². The first-order chi connectivity index (χ1) is 7.60. The summed E-state index contributed by atoms with van der Waals surface area (Å²) in [5.41, 5.74) is 0.660. The Kier molecular flexibility index (Phi) is 4.79. The molecule has 0 aliphatic rings. The minimum Gasteiger partial charge on any atom is -0.464 e. The predicted octanol–water partition coefficient (Wildman–Crippen LogP) is 0.825. The van der Waals surface area contributed by atoms with Crippen LogP contribution in [0, 0.1) is 0 Å². The fraction of sp³-hybridized carbons (Fsp3) is 0.500. The Morgan fingerprint density at radius 1 is 1.62 bits per heavy atom. The van der Waals surface area contributed by atoms with E-state index in [9.17, 15) is 15.0 Å². The molecule has 3 N–H and O–H groups in total. The summed E-state index contributed by atoms with van der Waals surface area (Å²) < 4.78 is 4.50. The van der Waals surface area contributed by atoms with Crippen molar-refractivity contribution in [2.45, 2.75) is 18.6 Å². The number of methoxy groups -OCH3 is 1. The molecular formula is C10H14ClNO4. The van der Waals surface area contributed by atoms with Crippen molar-refractivity contribution in [2.24, 2.45) is 0 Å². The number of rotatable bonds is 5. The highest BCUT2D eigenvalue weighted by atomic mass is 35.5. The summed E-state index contributed by atoms with van der Waals surface area (Å²) in [4.78, 5) is 13.8. The average molecular weight is 248 g/mol. The molecule has 0 radical (unpaired) electrons. The van der Waals surface area contributed by atoms with Gasteiger partial charge in [0, 0.05) is 17.6 Å². The second kappa shape index (κ2) is 5.89. The van der Waals surface area contributed by atoms with Gasteiger partial charge in [-0.3, -0.25) is 0 Å². The van der Waals surface area contributed by atoms with Crippen molar-refractivity contribution >= 4 is 17.6 Å². The van der Waals surface area contributed by atoms with Crippen LogP contribution >= 0.6 is 11.6 Å². The molecule has 2 unspecified atom stereocenters. The normalized spacial score (nSPS) is 14.5. The number of carbonyl (C=O) groups excluding carboxylic acids is 1. The second-order valence-corrected chi connectivity index (χ2v) is 3.71. The summed E-state index contributed by atoms with van der Waals surface area (Å²) in [6.45, 7) is 0. The summed E-state index contributed by atoms with van der Waals surface area (Å²) in [7, 11) is 1.27. The standard InChI is InChI=1S/C10H14ClNO4/c1-16-10(15)7-4-6(5-12-7)9(14)8(13)2-3-11/h4-5,8-9,12-14H,2-3H2,1H3. The number of H-pyrrole nitrogens is 1. The Labute approximate surface area is 98.0 Å². The van der Waals surface area contributed by atoms with Crippen LogP contribution in [0.1, 0.15) is 28.6 Å². The molecule has 0 spiro atoms. The molecule has 0 aromatic carbocycles. The Bertz CT molecular complexity index is 352. The van der Waals surface area contributed by atoms with Gasteiger partial charge >= 0.3 is 5.97 Å². The van der Waals surface area contributed by atoms with Crippen LogP contribution in [0.25, 0.3) is 0 Å². The molecule has 90 valence electrons. The van der Waals surface area contributed by atoms with Gasteiger partial charge in [0.05, 0.1) is 13.2 Å². The summed E-state index contributed by atoms with van der Waals surface area (Å²) in [5, 5.41) is 19.2. The van der Waals surface area contributed by atoms with Crippen LogP contribution in [-0.2, 0) is 4.74 Å². The zero-order valence-electron chi connectivity index (χ0n) is 8.81. The molecule has 1 aromatic heterocycles. The molecular weight excluding hydrogens is 234 g/mol. The fourth-order valence-corrected chi connectivity index (χ4v) is 1.53. The van der Waals surface area contributed by atoms with Crippen molar-refractivity contribution in [2.75, 3.05) is 13.0 Å². The number of hydrogen-bond acceptors (Lipinski definition) is 4. The second-order valence-electron chi connectivity index (χ2n) is 3.33. The Morgan fingerprint density at radius 3 is 2.88 bits per heavy atom. The lowest BCUT2D eigenvalue weighted by Crippen LogP contribution is -2.18. The van der Waals surface area contributed by atoms with Crippen LogP contribution in [0.3, 0.4) is 0 Å². The molecule has 1 heterocycles. The first-order valence-corrected chi connectivity index (χ1v) is 5.32. The minimum atomic E-state index is -1.06. The van der Waals surface area contributed by atoms with Gasteiger partial charge in [-0.15, -0.1) is 11.6 Å². The molecule has 5 nitrogen and oxygen atoms in total. The van der Waals surface area contributed by atoms with E-state index in [1.54, 1.807) is 0 Å². The van der Waals surface area contributed by atoms with Gasteiger partial charge < -0.3 is 19.9 Å². The molecule has 1 aromatic rings. The van der Waals surface area contributed by atoms with Crippen LogP contribution in [0.15, 0.2) is 12.3 Å². The van der Waals surface area contributed by atoms with Crippen molar-refractivity contribution in [3.05, 3.63) is 23.5 Å². The minimum absolute atomic E-state index is 0.231. The van der Waals surface area contributed by atoms with Crippen LogP contribution in [-0.4, -0.2) is 40.3 Å². The lowest BCUT2D eigenvalue weighted by molar-refractivity contribution is 0.0170. The van der Waals surface area contributed by atoms with E-state index in [-0.39, 0.29) is 18.0 Å². The molecule has 16 heavy (non-hydrogen) atoms. The number of carbonyl (C=O) groups is 1. The zero-order valence-corrected chi connectivity index (χ0v) is 9.57. The SMILES string of the molecule is COC(=O)c1cc(C(O)C(O)CCCl)c[nH]1. The van der Waals surface area contributed by atoms with Gasteiger partial charge in [-0.25, -0.2) is 4.79 Å². The molecule has 0 saturated carbocycles. The number of esters is 1. The molecule has 0 bridgehead atoms. The van der Waals surface area contributed by atoms with Crippen LogP contribution in [0.5, 0.6) is 0 Å². The van der Waals surface area contributed by atoms with E-state index in [1.165, 1.54) is 19.4 Å². The lowest BCUT2D eigenvalue weighted by Gasteiger charge is -2.15. The molecule has 0 aliphatic heterocycles. The molecule has 6 heteroatoms. The molecule has 1 rings (SSSR count). The zero-order chi connectivity index (χ0) is 12.1. The summed E-state index contributed by atoms with van der Waals surface area (Å²) in [6.07, 6.45) is -0.275. The van der Waals surface area contributed by atoms with E-state index in [1.807, 2.05) is 0 Å². The molecule has 0 fully saturated rings. The average Bonchev–Trinajstić information content (AvgIpc) is 2.76.